The molecule has 4 aromatic rings. The lowest BCUT2D eigenvalue weighted by molar-refractivity contribution is -0.144. The van der Waals surface area contributed by atoms with Gasteiger partial charge in [0.05, 0.1) is 32.0 Å². The van der Waals surface area contributed by atoms with Gasteiger partial charge in [0.25, 0.3) is 0 Å². The smallest absolute Gasteiger partial charge is 0.325 e. The summed E-state index contributed by atoms with van der Waals surface area (Å²) in [5, 5.41) is 31.7. The Hall–Kier alpha value is -5.12. The molecule has 0 unspecified atom stereocenters. The van der Waals surface area contributed by atoms with Gasteiger partial charge in [0.1, 0.15) is 36.0 Å². The van der Waals surface area contributed by atoms with Crippen LogP contribution in [0, 0.1) is 25.2 Å². The lowest BCUT2D eigenvalue weighted by Gasteiger charge is -2.18. The molecule has 1 aliphatic rings. The lowest BCUT2D eigenvalue weighted by Crippen LogP contribution is -2.40. The van der Waals surface area contributed by atoms with Crippen molar-refractivity contribution < 1.29 is 33.6 Å². The van der Waals surface area contributed by atoms with E-state index in [-0.39, 0.29) is 24.8 Å². The van der Waals surface area contributed by atoms with Gasteiger partial charge in [-0.25, -0.2) is 4.39 Å². The highest BCUT2D eigenvalue weighted by Gasteiger charge is 2.20. The number of hydrogen-bond acceptors (Lipinski definition) is 10. The normalized spacial score (nSPS) is 15.2. The summed E-state index contributed by atoms with van der Waals surface area (Å²) in [5.74, 6) is 0.0741. The van der Waals surface area contributed by atoms with Gasteiger partial charge < -0.3 is 29.3 Å². The summed E-state index contributed by atoms with van der Waals surface area (Å²) in [4.78, 5) is 18.4. The van der Waals surface area contributed by atoms with Crippen LogP contribution in [0.2, 0.25) is 0 Å². The van der Waals surface area contributed by atoms with Crippen LogP contribution in [0.3, 0.4) is 0 Å². The minimum atomic E-state index is -0.951. The first kappa shape index (κ1) is 38.1. The minimum Gasteiger partial charge on any atom is -0.493 e. The Morgan fingerprint density at radius 1 is 1.10 bits per heavy atom. The van der Waals surface area contributed by atoms with E-state index in [1.165, 1.54) is 19.4 Å². The van der Waals surface area contributed by atoms with E-state index in [1.54, 1.807) is 30.5 Å². The molecule has 11 heteroatoms. The number of hydrogen-bond donors (Lipinski definition) is 3. The molecule has 1 aromatic heterocycles. The number of halogens is 1. The van der Waals surface area contributed by atoms with Crippen molar-refractivity contribution in [3.8, 4) is 28.7 Å². The number of methoxy groups -OCH3 is 1. The summed E-state index contributed by atoms with van der Waals surface area (Å²) < 4.78 is 33.1. The van der Waals surface area contributed by atoms with Crippen molar-refractivity contribution >= 4 is 17.9 Å². The number of aromatic nitrogens is 1. The zero-order valence-corrected chi connectivity index (χ0v) is 29.8. The van der Waals surface area contributed by atoms with Gasteiger partial charge in [-0.3, -0.25) is 15.1 Å². The number of nitrogens with one attached hydrogen (secondary N) is 1. The monoisotopic (exact) mass is 708 g/mol. The molecule has 1 fully saturated rings. The maximum absolute atomic E-state index is 16.1. The zero-order valence-electron chi connectivity index (χ0n) is 29.8. The van der Waals surface area contributed by atoms with Crippen LogP contribution in [0.25, 0.3) is 23.0 Å². The average molecular weight is 709 g/mol. The maximum Gasteiger partial charge on any atom is 0.325 e. The fourth-order valence-corrected chi connectivity index (χ4v) is 6.24. The lowest BCUT2D eigenvalue weighted by atomic mass is 9.92. The molecule has 272 valence electrons. The Kier molecular flexibility index (Phi) is 13.5. The van der Waals surface area contributed by atoms with Crippen LogP contribution < -0.4 is 14.8 Å². The van der Waals surface area contributed by atoms with Crippen LogP contribution in [0.4, 0.5) is 4.39 Å². The van der Waals surface area contributed by atoms with Crippen LogP contribution in [-0.4, -0.2) is 78.2 Å². The van der Waals surface area contributed by atoms with E-state index in [9.17, 15) is 20.3 Å². The molecule has 0 saturated carbocycles. The Morgan fingerprint density at radius 2 is 1.88 bits per heavy atom. The Labute approximate surface area is 304 Å². The molecule has 1 aliphatic heterocycles. The van der Waals surface area contributed by atoms with E-state index >= 15 is 4.39 Å². The van der Waals surface area contributed by atoms with Crippen LogP contribution in [0.1, 0.15) is 51.8 Å². The first-order valence-corrected chi connectivity index (χ1v) is 17.3. The van der Waals surface area contributed by atoms with Crippen LogP contribution in [-0.2, 0) is 22.7 Å². The van der Waals surface area contributed by atoms with Crippen molar-refractivity contribution in [1.29, 1.82) is 5.26 Å². The van der Waals surface area contributed by atoms with E-state index in [1.807, 2.05) is 50.2 Å². The molecule has 2 heterocycles. The van der Waals surface area contributed by atoms with Gasteiger partial charge in [-0.05, 0) is 78.8 Å². The molecule has 2 atom stereocenters. The van der Waals surface area contributed by atoms with Gasteiger partial charge in [-0.1, -0.05) is 42.5 Å². The van der Waals surface area contributed by atoms with Crippen molar-refractivity contribution in [1.82, 2.24) is 15.2 Å². The van der Waals surface area contributed by atoms with Crippen molar-refractivity contribution in [2.75, 3.05) is 40.0 Å². The van der Waals surface area contributed by atoms with Crippen molar-refractivity contribution in [2.24, 2.45) is 0 Å². The second-order valence-electron chi connectivity index (χ2n) is 12.8. The van der Waals surface area contributed by atoms with Crippen molar-refractivity contribution in [3.05, 3.63) is 112 Å². The highest BCUT2D eigenvalue weighted by atomic mass is 19.1. The molecule has 10 nitrogen and oxygen atoms in total. The minimum absolute atomic E-state index is 0.0661. The molecule has 3 aromatic carbocycles. The summed E-state index contributed by atoms with van der Waals surface area (Å²) in [6.07, 6.45) is 6.00. The molecule has 0 bridgehead atoms. The van der Waals surface area contributed by atoms with Crippen LogP contribution in [0.5, 0.6) is 11.5 Å². The number of likely N-dealkylation sites (tertiary alicyclic amines) is 1. The SMILES string of the molecule is COC(=O)[C@@H](CO)NCc1ccc(/C(F)=C/c2cccc(-c3cccc(OCCCN4CC[C@@H](O)C4)c3C)c2C)cc1OCc1cncc(C#N)c1. The summed E-state index contributed by atoms with van der Waals surface area (Å²) in [6.45, 7) is 6.82. The highest BCUT2D eigenvalue weighted by molar-refractivity contribution is 5.83. The molecule has 0 radical (unpaired) electrons. The zero-order chi connectivity index (χ0) is 37.0. The van der Waals surface area contributed by atoms with Crippen molar-refractivity contribution in [2.45, 2.75) is 52.0 Å². The number of benzene rings is 3. The molecule has 1 saturated heterocycles. The second-order valence-corrected chi connectivity index (χ2v) is 12.8. The Balaban J connectivity index is 1.36. The summed E-state index contributed by atoms with van der Waals surface area (Å²) >= 11 is 0. The van der Waals surface area contributed by atoms with Gasteiger partial charge in [0.15, 0.2) is 0 Å². The predicted molar refractivity (Wildman–Crippen MR) is 197 cm³/mol. The quantitative estimate of drug-likeness (QED) is 0.0751. The third kappa shape index (κ3) is 9.80. The number of esters is 1. The Bertz CT molecular complexity index is 1930. The molecule has 0 aliphatic carbocycles. The van der Waals surface area contributed by atoms with E-state index in [2.05, 4.69) is 21.3 Å². The molecule has 52 heavy (non-hydrogen) atoms. The fraction of sp³-hybridized carbons (Fsp3) is 0.341. The summed E-state index contributed by atoms with van der Waals surface area (Å²) in [5.41, 5.74) is 6.54. The molecule has 3 N–H and O–H groups in total. The highest BCUT2D eigenvalue weighted by Crippen LogP contribution is 2.35. The maximum atomic E-state index is 16.1. The standard InChI is InChI=1S/C41H45FN4O6/c1-27-31(7-4-8-35(27)36-9-5-10-39(28(36)2)51-16-6-14-46-15-13-34(48)24-46)18-37(42)32-11-12-33(23-45-38(25-47)41(49)50-3)40(19-32)52-26-30-17-29(20-43)21-44-22-30/h4-5,7-12,17-19,21-22,34,38,45,47-48H,6,13-16,23-26H2,1-3H3/b37-18-/t34-,38-/m1/s1. The predicted octanol–water partition coefficient (Wildman–Crippen LogP) is 5.74. The third-order valence-electron chi connectivity index (χ3n) is 9.22. The average Bonchev–Trinajstić information content (AvgIpc) is 3.58. The number of β-amino-alcohol motifs (C(OH)–C–C–N with tert-alkyl or cyclic N) is 1. The number of pyridine rings is 1. The molecular weight excluding hydrogens is 663 g/mol. The number of rotatable bonds is 16. The number of nitriles is 1. The number of carbonyl (C=O) groups excluding carboxylic acids is 1. The van der Waals surface area contributed by atoms with Crippen LogP contribution in [0.15, 0.2) is 73.1 Å². The van der Waals surface area contributed by atoms with E-state index in [0.29, 0.717) is 34.6 Å². The molecule has 0 amide bonds. The third-order valence-corrected chi connectivity index (χ3v) is 9.22. The van der Waals surface area contributed by atoms with E-state index in [4.69, 9.17) is 14.2 Å². The topological polar surface area (TPSA) is 137 Å². The van der Waals surface area contributed by atoms with Crippen molar-refractivity contribution in [3.63, 3.8) is 0 Å². The van der Waals surface area contributed by atoms with Gasteiger partial charge in [-0.15, -0.1) is 0 Å². The second kappa shape index (κ2) is 18.4. The Morgan fingerprint density at radius 3 is 2.62 bits per heavy atom. The van der Waals surface area contributed by atoms with E-state index < -0.39 is 24.4 Å². The molecule has 5 rings (SSSR count). The summed E-state index contributed by atoms with van der Waals surface area (Å²) in [6, 6.07) is 19.5. The fourth-order valence-electron chi connectivity index (χ4n) is 6.24. The number of nitrogens with zero attached hydrogens (tertiary/aromatic N) is 3. The van der Waals surface area contributed by atoms with Gasteiger partial charge >= 0.3 is 5.97 Å². The molecular formula is C41H45FN4O6. The van der Waals surface area contributed by atoms with Gasteiger partial charge in [-0.2, -0.15) is 5.26 Å². The largest absolute Gasteiger partial charge is 0.493 e. The van der Waals surface area contributed by atoms with Gasteiger partial charge in [0, 0.05) is 55.3 Å². The summed E-state index contributed by atoms with van der Waals surface area (Å²) in [7, 11) is 1.24. The molecule has 0 spiro atoms. The van der Waals surface area contributed by atoms with E-state index in [0.717, 1.165) is 60.5 Å². The van der Waals surface area contributed by atoms with Crippen LogP contribution >= 0.6 is 0 Å². The number of carbonyl (C=O) groups is 1. The first-order chi connectivity index (χ1) is 25.2. The number of aliphatic hydroxyl groups is 2. The first-order valence-electron chi connectivity index (χ1n) is 17.3. The van der Waals surface area contributed by atoms with Gasteiger partial charge in [0.2, 0.25) is 0 Å². The number of aliphatic hydroxyl groups excluding tert-OH is 2. The number of ether oxygens (including phenoxy) is 3.